The number of hydrogen-bond donors (Lipinski definition) is 0. The molecule has 1 fully saturated rings. The number of hydrogen-bond acceptors (Lipinski definition) is 3. The number of carbonyl (C=O) groups is 2. The van der Waals surface area contributed by atoms with E-state index in [0.29, 0.717) is 35.7 Å². The maximum atomic E-state index is 12.6. The van der Waals surface area contributed by atoms with Gasteiger partial charge in [-0.15, -0.1) is 0 Å². The van der Waals surface area contributed by atoms with Crippen LogP contribution in [0.3, 0.4) is 0 Å². The van der Waals surface area contributed by atoms with E-state index in [1.165, 1.54) is 6.92 Å². The molecule has 0 saturated carbocycles. The van der Waals surface area contributed by atoms with Crippen LogP contribution in [0.15, 0.2) is 18.2 Å². The third-order valence-electron chi connectivity index (χ3n) is 3.74. The number of ketones is 1. The zero-order valence-corrected chi connectivity index (χ0v) is 13.5. The SMILES string of the molecule is CC(=O)c1cc(C(=O)N2CC[S@@](=O)C[C@H](C)C2)ccc1C. The molecule has 0 radical (unpaired) electrons. The van der Waals surface area contributed by atoms with Crippen LogP contribution in [-0.4, -0.2) is 45.4 Å². The molecule has 0 spiro atoms. The second-order valence-corrected chi connectivity index (χ2v) is 7.37. The highest BCUT2D eigenvalue weighted by molar-refractivity contribution is 7.85. The van der Waals surface area contributed by atoms with E-state index in [1.807, 2.05) is 19.9 Å². The molecule has 2 atom stereocenters. The molecule has 1 heterocycles. The average molecular weight is 307 g/mol. The van der Waals surface area contributed by atoms with Crippen LogP contribution in [0.2, 0.25) is 0 Å². The van der Waals surface area contributed by atoms with E-state index in [0.717, 1.165) is 5.56 Å². The van der Waals surface area contributed by atoms with Gasteiger partial charge in [-0.25, -0.2) is 0 Å². The van der Waals surface area contributed by atoms with Crippen LogP contribution >= 0.6 is 0 Å². The monoisotopic (exact) mass is 307 g/mol. The lowest BCUT2D eigenvalue weighted by atomic mass is 10.0. The smallest absolute Gasteiger partial charge is 0.253 e. The molecule has 5 heteroatoms. The summed E-state index contributed by atoms with van der Waals surface area (Å²) in [7, 11) is -0.845. The fourth-order valence-electron chi connectivity index (χ4n) is 2.63. The normalized spacial score (nSPS) is 22.7. The van der Waals surface area contributed by atoms with Gasteiger partial charge in [0.15, 0.2) is 5.78 Å². The van der Waals surface area contributed by atoms with Crippen molar-refractivity contribution in [3.05, 3.63) is 34.9 Å². The maximum absolute atomic E-state index is 12.6. The van der Waals surface area contributed by atoms with E-state index >= 15 is 0 Å². The van der Waals surface area contributed by atoms with Crippen LogP contribution in [0.25, 0.3) is 0 Å². The van der Waals surface area contributed by atoms with Crippen LogP contribution in [0.4, 0.5) is 0 Å². The number of carbonyl (C=O) groups excluding carboxylic acids is 2. The number of amides is 1. The predicted molar refractivity (Wildman–Crippen MR) is 84.1 cm³/mol. The Balaban J connectivity index is 2.25. The van der Waals surface area contributed by atoms with Crippen molar-refractivity contribution in [2.24, 2.45) is 5.92 Å². The van der Waals surface area contributed by atoms with E-state index in [1.54, 1.807) is 17.0 Å². The summed E-state index contributed by atoms with van der Waals surface area (Å²) in [6.45, 7) is 6.52. The van der Waals surface area contributed by atoms with E-state index in [-0.39, 0.29) is 17.6 Å². The Bertz CT molecular complexity index is 597. The fourth-order valence-corrected chi connectivity index (χ4v) is 3.97. The molecule has 0 unspecified atom stereocenters. The third kappa shape index (κ3) is 3.79. The summed E-state index contributed by atoms with van der Waals surface area (Å²) in [6.07, 6.45) is 0. The molecule has 1 amide bonds. The summed E-state index contributed by atoms with van der Waals surface area (Å²) < 4.78 is 11.7. The van der Waals surface area contributed by atoms with Gasteiger partial charge in [0.25, 0.3) is 5.91 Å². The molecular weight excluding hydrogens is 286 g/mol. The van der Waals surface area contributed by atoms with Crippen LogP contribution in [0, 0.1) is 12.8 Å². The summed E-state index contributed by atoms with van der Waals surface area (Å²) in [5.74, 6) is 1.29. The number of Topliss-reactive ketones (excluding diaryl/α,β-unsaturated/α-hetero) is 1. The van der Waals surface area contributed by atoms with Crippen LogP contribution < -0.4 is 0 Å². The van der Waals surface area contributed by atoms with Gasteiger partial charge in [0.05, 0.1) is 0 Å². The minimum atomic E-state index is -0.845. The molecule has 1 aromatic rings. The lowest BCUT2D eigenvalue weighted by Crippen LogP contribution is -2.35. The maximum Gasteiger partial charge on any atom is 0.253 e. The Morgan fingerprint density at radius 1 is 1.33 bits per heavy atom. The quantitative estimate of drug-likeness (QED) is 0.786. The first-order chi connectivity index (χ1) is 9.88. The molecule has 1 aliphatic rings. The molecule has 0 N–H and O–H groups in total. The summed E-state index contributed by atoms with van der Waals surface area (Å²) in [5.41, 5.74) is 2.00. The van der Waals surface area contributed by atoms with Gasteiger partial charge < -0.3 is 4.90 Å². The Hall–Kier alpha value is -1.49. The van der Waals surface area contributed by atoms with Crippen molar-refractivity contribution in [2.75, 3.05) is 24.6 Å². The highest BCUT2D eigenvalue weighted by atomic mass is 32.2. The number of aryl methyl sites for hydroxylation is 1. The van der Waals surface area contributed by atoms with Crippen molar-refractivity contribution in [3.8, 4) is 0 Å². The molecule has 1 saturated heterocycles. The topological polar surface area (TPSA) is 54.5 Å². The second-order valence-electron chi connectivity index (χ2n) is 5.75. The van der Waals surface area contributed by atoms with Crippen LogP contribution in [-0.2, 0) is 10.8 Å². The van der Waals surface area contributed by atoms with Crippen molar-refractivity contribution >= 4 is 22.5 Å². The molecule has 1 aromatic carbocycles. The van der Waals surface area contributed by atoms with Crippen molar-refractivity contribution in [1.29, 1.82) is 0 Å². The zero-order valence-electron chi connectivity index (χ0n) is 12.7. The fraction of sp³-hybridized carbons (Fsp3) is 0.500. The molecule has 114 valence electrons. The average Bonchev–Trinajstić information content (AvgIpc) is 2.59. The van der Waals surface area contributed by atoms with Crippen molar-refractivity contribution in [1.82, 2.24) is 4.90 Å². The first kappa shape index (κ1) is 15.9. The Morgan fingerprint density at radius 3 is 2.71 bits per heavy atom. The first-order valence-corrected chi connectivity index (χ1v) is 8.63. The highest BCUT2D eigenvalue weighted by Crippen LogP contribution is 2.16. The van der Waals surface area contributed by atoms with Gasteiger partial charge in [-0.2, -0.15) is 0 Å². The van der Waals surface area contributed by atoms with Gasteiger partial charge in [0.2, 0.25) is 0 Å². The molecule has 21 heavy (non-hydrogen) atoms. The van der Waals surface area contributed by atoms with Crippen molar-refractivity contribution in [3.63, 3.8) is 0 Å². The molecule has 0 aliphatic carbocycles. The van der Waals surface area contributed by atoms with Gasteiger partial charge >= 0.3 is 0 Å². The lowest BCUT2D eigenvalue weighted by molar-refractivity contribution is 0.0751. The molecule has 2 rings (SSSR count). The van der Waals surface area contributed by atoms with Gasteiger partial charge in [-0.05, 0) is 37.5 Å². The Kier molecular flexibility index (Phi) is 4.93. The zero-order chi connectivity index (χ0) is 15.6. The standard InChI is InChI=1S/C16H21NO3S/c1-11-9-17(6-7-21(20)10-11)16(19)14-5-4-12(2)15(8-14)13(3)18/h4-5,8,11H,6-7,9-10H2,1-3H3/t11-,21-/m1/s1. The lowest BCUT2D eigenvalue weighted by Gasteiger charge is -2.22. The minimum absolute atomic E-state index is 0.0347. The molecular formula is C16H21NO3S. The molecule has 0 aromatic heterocycles. The highest BCUT2D eigenvalue weighted by Gasteiger charge is 2.24. The van der Waals surface area contributed by atoms with Crippen LogP contribution in [0.1, 0.15) is 40.1 Å². The Labute approximate surface area is 128 Å². The summed E-state index contributed by atoms with van der Waals surface area (Å²) in [4.78, 5) is 26.0. The first-order valence-electron chi connectivity index (χ1n) is 7.14. The van der Waals surface area contributed by atoms with E-state index in [4.69, 9.17) is 0 Å². The largest absolute Gasteiger partial charge is 0.337 e. The van der Waals surface area contributed by atoms with Crippen molar-refractivity contribution < 1.29 is 13.8 Å². The summed E-state index contributed by atoms with van der Waals surface area (Å²) >= 11 is 0. The van der Waals surface area contributed by atoms with E-state index in [2.05, 4.69) is 0 Å². The summed E-state index contributed by atoms with van der Waals surface area (Å²) in [6, 6.07) is 5.24. The number of benzene rings is 1. The van der Waals surface area contributed by atoms with E-state index in [9.17, 15) is 13.8 Å². The Morgan fingerprint density at radius 2 is 2.05 bits per heavy atom. The van der Waals surface area contributed by atoms with Gasteiger partial charge in [0.1, 0.15) is 0 Å². The van der Waals surface area contributed by atoms with E-state index < -0.39 is 10.8 Å². The van der Waals surface area contributed by atoms with Gasteiger partial charge in [-0.1, -0.05) is 13.0 Å². The molecule has 4 nitrogen and oxygen atoms in total. The number of nitrogens with zero attached hydrogens (tertiary/aromatic N) is 1. The number of rotatable bonds is 2. The van der Waals surface area contributed by atoms with Crippen LogP contribution in [0.5, 0.6) is 0 Å². The second kappa shape index (κ2) is 6.52. The third-order valence-corrected chi connectivity index (χ3v) is 5.32. The van der Waals surface area contributed by atoms with Gasteiger partial charge in [-0.3, -0.25) is 13.8 Å². The molecule has 1 aliphatic heterocycles. The summed E-state index contributed by atoms with van der Waals surface area (Å²) in [5, 5.41) is 0. The molecule has 0 bridgehead atoms. The van der Waals surface area contributed by atoms with Crippen molar-refractivity contribution in [2.45, 2.75) is 20.8 Å². The predicted octanol–water partition coefficient (Wildman–Crippen LogP) is 2.04. The minimum Gasteiger partial charge on any atom is -0.337 e. The van der Waals surface area contributed by atoms with Gasteiger partial charge in [0, 0.05) is 46.5 Å².